The molecule has 6 aromatic rings. The van der Waals surface area contributed by atoms with Crippen molar-refractivity contribution in [1.29, 1.82) is 0 Å². The number of aromatic nitrogens is 2. The van der Waals surface area contributed by atoms with Crippen molar-refractivity contribution >= 4 is 28.0 Å². The third kappa shape index (κ3) is 14.4. The van der Waals surface area contributed by atoms with Crippen molar-refractivity contribution in [2.24, 2.45) is 0 Å². The van der Waals surface area contributed by atoms with E-state index in [0.717, 1.165) is 31.9 Å². The van der Waals surface area contributed by atoms with Gasteiger partial charge in [-0.15, -0.1) is 0 Å². The molecule has 0 N–H and O–H groups in total. The maximum atomic E-state index is 14.2. The van der Waals surface area contributed by atoms with Crippen molar-refractivity contribution in [3.05, 3.63) is 172 Å². The van der Waals surface area contributed by atoms with Gasteiger partial charge in [0.1, 0.15) is 12.3 Å². The van der Waals surface area contributed by atoms with Gasteiger partial charge in [-0.1, -0.05) is 92.2 Å². The second-order valence-corrected chi connectivity index (χ2v) is 16.5. The van der Waals surface area contributed by atoms with E-state index in [-0.39, 0.29) is 0 Å². The quantitative estimate of drug-likeness (QED) is 0.0591. The molecule has 0 aliphatic rings. The molecule has 75 heavy (non-hydrogen) atoms. The molecule has 0 unspecified atom stereocenters. The minimum absolute atomic E-state index is 0.691. The van der Waals surface area contributed by atoms with Gasteiger partial charge >= 0.3 is 55.3 Å². The second-order valence-electron chi connectivity index (χ2n) is 16.5. The number of ether oxygens (including phenoxy) is 1. The summed E-state index contributed by atoms with van der Waals surface area (Å²) in [7, 11) is 0. The molecule has 0 aliphatic heterocycles. The Morgan fingerprint density at radius 3 is 0.947 bits per heavy atom. The molecule has 0 radical (unpaired) electrons. The number of nitrogens with zero attached hydrogens (tertiary/aromatic N) is 2. The van der Waals surface area contributed by atoms with E-state index in [4.69, 9.17) is 4.74 Å². The van der Waals surface area contributed by atoms with E-state index in [9.17, 15) is 105 Å². The highest BCUT2D eigenvalue weighted by Gasteiger charge is 2.47. The van der Waals surface area contributed by atoms with Gasteiger partial charge in [-0.25, -0.2) is 4.98 Å². The van der Waals surface area contributed by atoms with Crippen molar-refractivity contribution in [2.75, 3.05) is 6.61 Å². The van der Waals surface area contributed by atoms with Gasteiger partial charge in [-0.3, -0.25) is 0 Å². The first-order chi connectivity index (χ1) is 34.2. The Balaban J connectivity index is 0.000000483. The minimum Gasteiger partial charge on any atom is -0.443 e. The van der Waals surface area contributed by atoms with E-state index in [0.29, 0.717) is 0 Å². The topological polar surface area (TPSA) is 26.0 Å². The first-order valence-corrected chi connectivity index (χ1v) is 21.0. The largest absolute Gasteiger partial charge is 0.443 e. The number of halogens is 24. The SMILES string of the molecule is CCCCOc1cncc[n+]1Cc1ccccc1.FC(F)(F)c1cc([B-](c2cc(C(F)(F)F)cc(C(F)(F)F)c2)(c2cc(C(F)(F)F)cc(C(F)(F)F)c2)c2cc(C(F)(F)F)cc(C(F)(F)F)c2)cc(C(F)(F)F)c1. The van der Waals surface area contributed by atoms with Crippen molar-refractivity contribution in [2.45, 2.75) is 75.7 Å². The van der Waals surface area contributed by atoms with Gasteiger partial charge in [0.25, 0.3) is 0 Å². The average molecular weight is 1110 g/mol. The van der Waals surface area contributed by atoms with Crippen LogP contribution in [-0.4, -0.2) is 17.7 Å². The molecule has 6 rings (SSSR count). The van der Waals surface area contributed by atoms with Crippen molar-refractivity contribution < 1.29 is 115 Å². The van der Waals surface area contributed by atoms with Crippen molar-refractivity contribution in [1.82, 2.24) is 4.98 Å². The van der Waals surface area contributed by atoms with E-state index < -0.39 is 195 Å². The Hall–Kier alpha value is -6.64. The molecule has 5 aromatic carbocycles. The average Bonchev–Trinajstić information content (AvgIpc) is 3.28. The van der Waals surface area contributed by atoms with Crippen LogP contribution >= 0.6 is 0 Å². The Bertz CT molecular complexity index is 2490. The Labute approximate surface area is 407 Å². The van der Waals surface area contributed by atoms with Crippen LogP contribution in [0.1, 0.15) is 69.8 Å². The minimum atomic E-state index is -6.13. The van der Waals surface area contributed by atoms with Crippen LogP contribution in [0.15, 0.2) is 122 Å². The molecule has 0 atom stereocenters. The predicted octanol–water partition coefficient (Wildman–Crippen LogP) is 13.8. The highest BCUT2D eigenvalue weighted by molar-refractivity contribution is 7.20. The number of hydrogen-bond acceptors (Lipinski definition) is 2. The van der Waals surface area contributed by atoms with Gasteiger partial charge in [-0.05, 0) is 30.7 Å². The highest BCUT2D eigenvalue weighted by atomic mass is 19.4. The summed E-state index contributed by atoms with van der Waals surface area (Å²) in [5.74, 6) is 0.829. The van der Waals surface area contributed by atoms with Crippen LogP contribution in [0.3, 0.4) is 0 Å². The van der Waals surface area contributed by atoms with Crippen LogP contribution < -0.4 is 31.2 Å². The van der Waals surface area contributed by atoms with Crippen molar-refractivity contribution in [3.63, 3.8) is 0 Å². The summed E-state index contributed by atoms with van der Waals surface area (Å²) in [6, 6.07) is 1.55. The van der Waals surface area contributed by atoms with Gasteiger partial charge in [-0.2, -0.15) is 132 Å². The molecule has 0 amide bonds. The first kappa shape index (κ1) is 59.2. The molecule has 1 heterocycles. The molecule has 1 aromatic heterocycles. The summed E-state index contributed by atoms with van der Waals surface area (Å²) in [6.07, 6.45) is -47.1. The number of hydrogen-bond donors (Lipinski definition) is 0. The summed E-state index contributed by atoms with van der Waals surface area (Å²) >= 11 is 0. The predicted molar refractivity (Wildman–Crippen MR) is 220 cm³/mol. The molecule has 0 fully saturated rings. The smallest absolute Gasteiger partial charge is 0.416 e. The Kier molecular flexibility index (Phi) is 16.7. The molecule has 0 bridgehead atoms. The van der Waals surface area contributed by atoms with E-state index in [1.54, 1.807) is 12.4 Å². The van der Waals surface area contributed by atoms with Gasteiger partial charge < -0.3 is 4.74 Å². The zero-order chi connectivity index (χ0) is 56.5. The summed E-state index contributed by atoms with van der Waals surface area (Å²) in [4.78, 5) is 4.12. The molecular formula is C47H31BF24N2O. The van der Waals surface area contributed by atoms with Crippen LogP contribution in [0.2, 0.25) is 0 Å². The maximum Gasteiger partial charge on any atom is 0.416 e. The fourth-order valence-corrected chi connectivity index (χ4v) is 7.80. The number of alkyl halides is 24. The fourth-order valence-electron chi connectivity index (χ4n) is 7.80. The number of rotatable bonds is 10. The molecule has 0 spiro atoms. The Morgan fingerprint density at radius 1 is 0.413 bits per heavy atom. The first-order valence-electron chi connectivity index (χ1n) is 21.0. The van der Waals surface area contributed by atoms with Crippen molar-refractivity contribution in [3.8, 4) is 5.88 Å². The zero-order valence-corrected chi connectivity index (χ0v) is 37.3. The summed E-state index contributed by atoms with van der Waals surface area (Å²) in [5, 5.41) is 0. The lowest BCUT2D eigenvalue weighted by atomic mass is 9.12. The molecular weight excluding hydrogens is 1080 g/mol. The Morgan fingerprint density at radius 2 is 0.693 bits per heavy atom. The standard InChI is InChI=1S/C32H12BF24.C15H19N2O/c34-25(35,36)13-1-14(26(37,38)39)6-21(5-13)33(22-7-15(27(40,41)42)2-16(8-22)28(43,44)45,23-9-17(29(46,47)48)3-18(10-23)30(49,50)51)24-11-19(31(52,53)54)4-20(12-24)32(55,56)57;1-2-3-11-18-15-12-16-9-10-17(15)13-14-7-5-4-6-8-14/h1-12H;4-10,12H,2-3,11,13H2,1H3/q-1;+1. The molecule has 28 heteroatoms. The normalized spacial score (nSPS) is 13.3. The van der Waals surface area contributed by atoms with Crippen LogP contribution in [0.5, 0.6) is 5.88 Å². The third-order valence-corrected chi connectivity index (χ3v) is 11.2. The molecule has 3 nitrogen and oxygen atoms in total. The molecule has 0 saturated heterocycles. The lowest BCUT2D eigenvalue weighted by Gasteiger charge is -2.46. The van der Waals surface area contributed by atoms with E-state index in [1.807, 2.05) is 12.3 Å². The molecule has 0 aliphatic carbocycles. The number of unbranched alkanes of at least 4 members (excludes halogenated alkanes) is 1. The van der Waals surface area contributed by atoms with Crippen LogP contribution in [-0.2, 0) is 56.0 Å². The summed E-state index contributed by atoms with van der Waals surface area (Å²) in [6.45, 7) is 3.71. The fraction of sp³-hybridized carbons (Fsp3) is 0.277. The van der Waals surface area contributed by atoms with Crippen LogP contribution in [0, 0.1) is 0 Å². The van der Waals surface area contributed by atoms with Crippen LogP contribution in [0.4, 0.5) is 105 Å². The van der Waals surface area contributed by atoms with Gasteiger partial charge in [0.15, 0.2) is 12.7 Å². The van der Waals surface area contributed by atoms with Gasteiger partial charge in [0.05, 0.1) is 57.3 Å². The highest BCUT2D eigenvalue weighted by Crippen LogP contribution is 2.41. The van der Waals surface area contributed by atoms with E-state index in [2.05, 4.69) is 40.7 Å². The molecule has 406 valence electrons. The summed E-state index contributed by atoms with van der Waals surface area (Å²) < 4.78 is 349. The van der Waals surface area contributed by atoms with E-state index in [1.165, 1.54) is 5.56 Å². The lowest BCUT2D eigenvalue weighted by Crippen LogP contribution is -2.75. The second kappa shape index (κ2) is 21.2. The maximum absolute atomic E-state index is 14.2. The van der Waals surface area contributed by atoms with Crippen LogP contribution in [0.25, 0.3) is 0 Å². The monoisotopic (exact) mass is 1110 g/mol. The lowest BCUT2D eigenvalue weighted by molar-refractivity contribution is -0.694. The van der Waals surface area contributed by atoms with Gasteiger partial charge in [0, 0.05) is 5.56 Å². The van der Waals surface area contributed by atoms with Gasteiger partial charge in [0.2, 0.25) is 0 Å². The van der Waals surface area contributed by atoms with E-state index >= 15 is 0 Å². The molecule has 0 saturated carbocycles. The summed E-state index contributed by atoms with van der Waals surface area (Å²) in [5.41, 5.74) is -28.9. The number of benzene rings is 5. The zero-order valence-electron chi connectivity index (χ0n) is 37.3. The third-order valence-electron chi connectivity index (χ3n) is 11.2.